The first-order valence-corrected chi connectivity index (χ1v) is 8.86. The molecule has 1 spiro atoms. The van der Waals surface area contributed by atoms with Crippen molar-refractivity contribution in [2.75, 3.05) is 20.1 Å². The third-order valence-corrected chi connectivity index (χ3v) is 6.06. The maximum atomic E-state index is 12.8. The van der Waals surface area contributed by atoms with Gasteiger partial charge in [-0.1, -0.05) is 19.8 Å². The zero-order valence-corrected chi connectivity index (χ0v) is 13.9. The molecule has 0 aromatic heterocycles. The van der Waals surface area contributed by atoms with Crippen LogP contribution < -0.4 is 5.32 Å². The van der Waals surface area contributed by atoms with Crippen LogP contribution in [0.4, 0.5) is 0 Å². The number of carbonyl (C=O) groups excluding carboxylic acids is 1. The van der Waals surface area contributed by atoms with Crippen molar-refractivity contribution in [2.24, 2.45) is 5.92 Å². The fraction of sp³-hybridized carbons (Fsp3) is 0.941. The van der Waals surface area contributed by atoms with Gasteiger partial charge in [0.15, 0.2) is 0 Å². The number of amides is 1. The van der Waals surface area contributed by atoms with Crippen LogP contribution in [0.5, 0.6) is 0 Å². The van der Waals surface area contributed by atoms with E-state index in [0.717, 1.165) is 25.9 Å². The molecule has 2 unspecified atom stereocenters. The first-order valence-electron chi connectivity index (χ1n) is 8.86. The Morgan fingerprint density at radius 1 is 1.38 bits per heavy atom. The van der Waals surface area contributed by atoms with E-state index in [1.165, 1.54) is 32.1 Å². The van der Waals surface area contributed by atoms with Crippen LogP contribution in [0.25, 0.3) is 0 Å². The van der Waals surface area contributed by atoms with E-state index in [-0.39, 0.29) is 5.54 Å². The third kappa shape index (κ3) is 2.85. The molecule has 120 valence electrons. The lowest BCUT2D eigenvalue weighted by Gasteiger charge is -2.32. The van der Waals surface area contributed by atoms with Gasteiger partial charge in [0, 0.05) is 19.1 Å². The van der Waals surface area contributed by atoms with Crippen LogP contribution in [0.15, 0.2) is 0 Å². The summed E-state index contributed by atoms with van der Waals surface area (Å²) < 4.78 is 0. The Balaban J connectivity index is 1.63. The summed E-state index contributed by atoms with van der Waals surface area (Å²) in [6.45, 7) is 6.36. The van der Waals surface area contributed by atoms with Crippen LogP contribution >= 0.6 is 0 Å². The van der Waals surface area contributed by atoms with E-state index in [1.54, 1.807) is 0 Å². The SMILES string of the molecule is CCC(C)N(C)CCN1C(=O)C2(CC2)NC1C1CCCC1. The van der Waals surface area contributed by atoms with E-state index in [4.69, 9.17) is 0 Å². The van der Waals surface area contributed by atoms with Crippen LogP contribution in [-0.2, 0) is 4.79 Å². The normalized spacial score (nSPS) is 29.8. The van der Waals surface area contributed by atoms with Crippen LogP contribution in [0.1, 0.15) is 58.8 Å². The summed E-state index contributed by atoms with van der Waals surface area (Å²) >= 11 is 0. The quantitative estimate of drug-likeness (QED) is 0.815. The number of nitrogens with zero attached hydrogens (tertiary/aromatic N) is 2. The van der Waals surface area contributed by atoms with Gasteiger partial charge in [0.25, 0.3) is 0 Å². The highest BCUT2D eigenvalue weighted by Gasteiger charge is 2.60. The molecular weight excluding hydrogens is 262 g/mol. The Labute approximate surface area is 129 Å². The Kier molecular flexibility index (Phi) is 4.28. The molecule has 3 fully saturated rings. The van der Waals surface area contributed by atoms with Crippen molar-refractivity contribution in [1.29, 1.82) is 0 Å². The molecule has 0 radical (unpaired) electrons. The van der Waals surface area contributed by atoms with E-state index < -0.39 is 0 Å². The van der Waals surface area contributed by atoms with Crippen molar-refractivity contribution in [3.8, 4) is 0 Å². The Bertz CT molecular complexity index is 387. The van der Waals surface area contributed by atoms with Gasteiger partial charge in [-0.25, -0.2) is 0 Å². The van der Waals surface area contributed by atoms with Gasteiger partial charge in [0.1, 0.15) is 0 Å². The highest BCUT2D eigenvalue weighted by molar-refractivity contribution is 5.91. The molecule has 0 bridgehead atoms. The van der Waals surface area contributed by atoms with Crippen LogP contribution in [0, 0.1) is 5.92 Å². The van der Waals surface area contributed by atoms with Crippen molar-refractivity contribution in [3.63, 3.8) is 0 Å². The highest BCUT2D eigenvalue weighted by Crippen LogP contribution is 2.45. The second kappa shape index (κ2) is 5.88. The van der Waals surface area contributed by atoms with E-state index >= 15 is 0 Å². The summed E-state index contributed by atoms with van der Waals surface area (Å²) in [5, 5.41) is 3.71. The Morgan fingerprint density at radius 3 is 2.62 bits per heavy atom. The molecule has 2 saturated carbocycles. The second-order valence-electron chi connectivity index (χ2n) is 7.45. The molecule has 4 heteroatoms. The molecule has 2 aliphatic carbocycles. The fourth-order valence-corrected chi connectivity index (χ4v) is 3.99. The predicted molar refractivity (Wildman–Crippen MR) is 84.9 cm³/mol. The van der Waals surface area contributed by atoms with Gasteiger partial charge in [-0.15, -0.1) is 0 Å². The molecule has 4 nitrogen and oxygen atoms in total. The number of rotatable bonds is 6. The molecule has 21 heavy (non-hydrogen) atoms. The Morgan fingerprint density at radius 2 is 2.05 bits per heavy atom. The Hall–Kier alpha value is -0.610. The average molecular weight is 293 g/mol. The smallest absolute Gasteiger partial charge is 0.244 e. The molecule has 1 saturated heterocycles. The zero-order valence-electron chi connectivity index (χ0n) is 13.9. The summed E-state index contributed by atoms with van der Waals surface area (Å²) in [6.07, 6.45) is 8.83. The van der Waals surface area contributed by atoms with Crippen LogP contribution in [0.2, 0.25) is 0 Å². The molecule has 3 rings (SSSR count). The molecule has 0 aromatic rings. The number of likely N-dealkylation sites (N-methyl/N-ethyl adjacent to an activating group) is 1. The van der Waals surface area contributed by atoms with Crippen molar-refractivity contribution in [1.82, 2.24) is 15.1 Å². The van der Waals surface area contributed by atoms with Gasteiger partial charge in [-0.3, -0.25) is 10.1 Å². The minimum atomic E-state index is -0.151. The van der Waals surface area contributed by atoms with Gasteiger partial charge in [0.05, 0.1) is 11.7 Å². The topological polar surface area (TPSA) is 35.6 Å². The summed E-state index contributed by atoms with van der Waals surface area (Å²) in [4.78, 5) is 17.3. The second-order valence-corrected chi connectivity index (χ2v) is 7.45. The van der Waals surface area contributed by atoms with Gasteiger partial charge < -0.3 is 9.80 Å². The fourth-order valence-electron chi connectivity index (χ4n) is 3.99. The summed E-state index contributed by atoms with van der Waals surface area (Å²) in [6, 6.07) is 0.593. The minimum Gasteiger partial charge on any atom is -0.324 e. The molecule has 1 amide bonds. The summed E-state index contributed by atoms with van der Waals surface area (Å²) in [5.41, 5.74) is -0.151. The maximum Gasteiger partial charge on any atom is 0.244 e. The van der Waals surface area contributed by atoms with Crippen molar-refractivity contribution in [3.05, 3.63) is 0 Å². The van der Waals surface area contributed by atoms with E-state index in [2.05, 4.69) is 36.0 Å². The van der Waals surface area contributed by atoms with Gasteiger partial charge in [-0.05, 0) is 52.0 Å². The first-order chi connectivity index (χ1) is 10.1. The van der Waals surface area contributed by atoms with E-state index in [1.807, 2.05) is 0 Å². The molecule has 1 N–H and O–H groups in total. The molecule has 1 aliphatic heterocycles. The molecule has 2 atom stereocenters. The lowest BCUT2D eigenvalue weighted by Crippen LogP contribution is -2.46. The predicted octanol–water partition coefficient (Wildman–Crippen LogP) is 2.20. The van der Waals surface area contributed by atoms with Gasteiger partial charge in [-0.2, -0.15) is 0 Å². The monoisotopic (exact) mass is 293 g/mol. The summed E-state index contributed by atoms with van der Waals surface area (Å²) in [7, 11) is 2.18. The molecule has 3 aliphatic rings. The summed E-state index contributed by atoms with van der Waals surface area (Å²) in [5.74, 6) is 1.07. The standard InChI is InChI=1S/C17H31N3O/c1-4-13(2)19(3)11-12-20-15(14-7-5-6-8-14)18-17(9-10-17)16(20)21/h13-15,18H,4-12H2,1-3H3. The number of hydrogen-bond acceptors (Lipinski definition) is 3. The lowest BCUT2D eigenvalue weighted by molar-refractivity contribution is -0.131. The lowest BCUT2D eigenvalue weighted by atomic mass is 10.0. The zero-order chi connectivity index (χ0) is 15.0. The third-order valence-electron chi connectivity index (χ3n) is 6.06. The maximum absolute atomic E-state index is 12.8. The average Bonchev–Trinajstić information content (AvgIpc) is 2.96. The number of nitrogens with one attached hydrogen (secondary N) is 1. The molecular formula is C17H31N3O. The molecule has 0 aromatic carbocycles. The number of carbonyl (C=O) groups is 1. The van der Waals surface area contributed by atoms with Gasteiger partial charge >= 0.3 is 0 Å². The first kappa shape index (κ1) is 15.3. The number of hydrogen-bond donors (Lipinski definition) is 1. The highest BCUT2D eigenvalue weighted by atomic mass is 16.2. The van der Waals surface area contributed by atoms with Crippen LogP contribution in [-0.4, -0.2) is 53.6 Å². The van der Waals surface area contributed by atoms with E-state index in [0.29, 0.717) is 24.0 Å². The van der Waals surface area contributed by atoms with Crippen molar-refractivity contribution < 1.29 is 4.79 Å². The van der Waals surface area contributed by atoms with Crippen LogP contribution in [0.3, 0.4) is 0 Å². The molecule has 1 heterocycles. The van der Waals surface area contributed by atoms with Gasteiger partial charge in [0.2, 0.25) is 5.91 Å². The van der Waals surface area contributed by atoms with Crippen molar-refractivity contribution in [2.45, 2.75) is 76.5 Å². The largest absolute Gasteiger partial charge is 0.324 e. The minimum absolute atomic E-state index is 0.151. The van der Waals surface area contributed by atoms with Crippen molar-refractivity contribution >= 4 is 5.91 Å². The van der Waals surface area contributed by atoms with E-state index in [9.17, 15) is 4.79 Å².